The van der Waals surface area contributed by atoms with Crippen LogP contribution < -0.4 is 4.90 Å². The first-order chi connectivity index (χ1) is 10.2. The molecule has 110 valence electrons. The van der Waals surface area contributed by atoms with E-state index in [0.717, 1.165) is 44.5 Å². The molecule has 5 nitrogen and oxygen atoms in total. The number of nitrogens with zero attached hydrogens (tertiary/aromatic N) is 4. The fourth-order valence-corrected chi connectivity index (χ4v) is 3.11. The molecule has 1 fully saturated rings. The predicted molar refractivity (Wildman–Crippen MR) is 80.1 cm³/mol. The number of hydrogen-bond acceptors (Lipinski definition) is 4. The van der Waals surface area contributed by atoms with Gasteiger partial charge in [-0.05, 0) is 43.7 Å². The van der Waals surface area contributed by atoms with Crippen molar-refractivity contribution in [2.45, 2.75) is 32.1 Å². The lowest BCUT2D eigenvalue weighted by Crippen LogP contribution is -2.35. The highest BCUT2D eigenvalue weighted by molar-refractivity contribution is 5.82. The number of anilines is 1. The molecule has 1 amide bonds. The maximum atomic E-state index is 12.1. The van der Waals surface area contributed by atoms with E-state index in [0.29, 0.717) is 17.9 Å². The quantitative estimate of drug-likeness (QED) is 0.784. The molecule has 1 aliphatic carbocycles. The molecule has 3 rings (SSSR count). The van der Waals surface area contributed by atoms with Gasteiger partial charge in [0.2, 0.25) is 5.91 Å². The molecule has 1 aliphatic heterocycles. The van der Waals surface area contributed by atoms with Gasteiger partial charge in [-0.25, -0.2) is 4.98 Å². The summed E-state index contributed by atoms with van der Waals surface area (Å²) < 4.78 is 0. The summed E-state index contributed by atoms with van der Waals surface area (Å²) in [5.41, 5.74) is 2.92. The van der Waals surface area contributed by atoms with Crippen molar-refractivity contribution in [2.75, 3.05) is 31.6 Å². The Kier molecular flexibility index (Phi) is 3.78. The van der Waals surface area contributed by atoms with Crippen LogP contribution in [0.2, 0.25) is 0 Å². The Hall–Kier alpha value is -2.09. The van der Waals surface area contributed by atoms with E-state index in [1.165, 1.54) is 12.0 Å². The molecule has 1 aromatic heterocycles. The standard InChI is InChI=1S/C16H20N4O/c1-19-7-4-8-20(11-15(19)21)16-13(10-17)9-12-5-2-3-6-14(12)18-16/h9H,2-8,11H2,1H3. The minimum atomic E-state index is 0.0934. The van der Waals surface area contributed by atoms with Crippen molar-refractivity contribution in [3.63, 3.8) is 0 Å². The summed E-state index contributed by atoms with van der Waals surface area (Å²) in [6.45, 7) is 1.86. The van der Waals surface area contributed by atoms with Gasteiger partial charge in [-0.1, -0.05) is 0 Å². The smallest absolute Gasteiger partial charge is 0.241 e. The van der Waals surface area contributed by atoms with Crippen LogP contribution in [0.4, 0.5) is 5.82 Å². The average molecular weight is 284 g/mol. The molecular weight excluding hydrogens is 264 g/mol. The Balaban J connectivity index is 1.97. The summed E-state index contributed by atoms with van der Waals surface area (Å²) in [5, 5.41) is 9.43. The molecule has 0 spiro atoms. The summed E-state index contributed by atoms with van der Waals surface area (Å²) in [7, 11) is 1.83. The molecule has 0 unspecified atom stereocenters. The molecule has 0 atom stereocenters. The predicted octanol–water partition coefficient (Wildman–Crippen LogP) is 1.50. The van der Waals surface area contributed by atoms with Gasteiger partial charge in [-0.15, -0.1) is 0 Å². The van der Waals surface area contributed by atoms with Crippen LogP contribution in [0.15, 0.2) is 6.07 Å². The average Bonchev–Trinajstić information content (AvgIpc) is 2.68. The zero-order chi connectivity index (χ0) is 14.8. The zero-order valence-corrected chi connectivity index (χ0v) is 12.4. The lowest BCUT2D eigenvalue weighted by atomic mass is 9.95. The third kappa shape index (κ3) is 2.71. The monoisotopic (exact) mass is 284 g/mol. The van der Waals surface area contributed by atoms with E-state index in [4.69, 9.17) is 4.98 Å². The normalized spacial score (nSPS) is 19.0. The first-order valence-electron chi connectivity index (χ1n) is 7.61. The van der Waals surface area contributed by atoms with E-state index in [9.17, 15) is 10.1 Å². The van der Waals surface area contributed by atoms with Gasteiger partial charge in [0, 0.05) is 25.8 Å². The van der Waals surface area contributed by atoms with Crippen molar-refractivity contribution in [3.05, 3.63) is 22.9 Å². The van der Waals surface area contributed by atoms with Crippen LogP contribution in [0.1, 0.15) is 36.1 Å². The van der Waals surface area contributed by atoms with Crippen molar-refractivity contribution in [1.29, 1.82) is 5.26 Å². The van der Waals surface area contributed by atoms with E-state index in [-0.39, 0.29) is 5.91 Å². The van der Waals surface area contributed by atoms with Crippen LogP contribution in [-0.4, -0.2) is 42.5 Å². The number of likely N-dealkylation sites (N-methyl/N-ethyl adjacent to an activating group) is 1. The fraction of sp³-hybridized carbons (Fsp3) is 0.562. The van der Waals surface area contributed by atoms with Gasteiger partial charge >= 0.3 is 0 Å². The second-order valence-electron chi connectivity index (χ2n) is 5.87. The first kappa shape index (κ1) is 13.9. The van der Waals surface area contributed by atoms with Gasteiger partial charge in [-0.3, -0.25) is 4.79 Å². The number of amides is 1. The third-order valence-corrected chi connectivity index (χ3v) is 4.37. The van der Waals surface area contributed by atoms with E-state index in [1.807, 2.05) is 18.0 Å². The largest absolute Gasteiger partial charge is 0.346 e. The summed E-state index contributed by atoms with van der Waals surface area (Å²) in [6.07, 6.45) is 5.24. The molecular formula is C16H20N4O. The highest BCUT2D eigenvalue weighted by Gasteiger charge is 2.24. The first-order valence-corrected chi connectivity index (χ1v) is 7.61. The number of carbonyl (C=O) groups is 1. The van der Waals surface area contributed by atoms with E-state index in [2.05, 4.69) is 6.07 Å². The van der Waals surface area contributed by atoms with Crippen molar-refractivity contribution < 1.29 is 4.79 Å². The summed E-state index contributed by atoms with van der Waals surface area (Å²) in [5.74, 6) is 0.790. The van der Waals surface area contributed by atoms with Crippen LogP contribution >= 0.6 is 0 Å². The molecule has 1 aromatic rings. The molecule has 0 aromatic carbocycles. The summed E-state index contributed by atoms with van der Waals surface area (Å²) >= 11 is 0. The number of carbonyl (C=O) groups excluding carboxylic acids is 1. The lowest BCUT2D eigenvalue weighted by molar-refractivity contribution is -0.127. The van der Waals surface area contributed by atoms with Crippen LogP contribution in [-0.2, 0) is 17.6 Å². The van der Waals surface area contributed by atoms with E-state index >= 15 is 0 Å². The number of aryl methyl sites for hydroxylation is 2. The van der Waals surface area contributed by atoms with Crippen LogP contribution in [0.3, 0.4) is 0 Å². The Bertz CT molecular complexity index is 605. The summed E-state index contributed by atoms with van der Waals surface area (Å²) in [6, 6.07) is 4.24. The van der Waals surface area contributed by atoms with Gasteiger partial charge in [-0.2, -0.15) is 5.26 Å². The zero-order valence-electron chi connectivity index (χ0n) is 12.4. The highest BCUT2D eigenvalue weighted by atomic mass is 16.2. The van der Waals surface area contributed by atoms with Crippen LogP contribution in [0, 0.1) is 11.3 Å². The fourth-order valence-electron chi connectivity index (χ4n) is 3.11. The highest BCUT2D eigenvalue weighted by Crippen LogP contribution is 2.27. The molecule has 0 N–H and O–H groups in total. The van der Waals surface area contributed by atoms with Crippen LogP contribution in [0.5, 0.6) is 0 Å². The Morgan fingerprint density at radius 1 is 1.24 bits per heavy atom. The topological polar surface area (TPSA) is 60.2 Å². The van der Waals surface area contributed by atoms with Crippen LogP contribution in [0.25, 0.3) is 0 Å². The Morgan fingerprint density at radius 2 is 2.05 bits per heavy atom. The molecule has 2 heterocycles. The minimum Gasteiger partial charge on any atom is -0.346 e. The number of rotatable bonds is 1. The number of pyridine rings is 1. The maximum absolute atomic E-state index is 12.1. The van der Waals surface area contributed by atoms with Crippen molar-refractivity contribution in [1.82, 2.24) is 9.88 Å². The lowest BCUT2D eigenvalue weighted by Gasteiger charge is -2.24. The van der Waals surface area contributed by atoms with E-state index in [1.54, 1.807) is 4.90 Å². The molecule has 21 heavy (non-hydrogen) atoms. The van der Waals surface area contributed by atoms with Gasteiger partial charge in [0.05, 0.1) is 12.1 Å². The van der Waals surface area contributed by atoms with Crippen molar-refractivity contribution >= 4 is 11.7 Å². The number of aromatic nitrogens is 1. The Morgan fingerprint density at radius 3 is 2.86 bits per heavy atom. The van der Waals surface area contributed by atoms with Gasteiger partial charge in [0.15, 0.2) is 0 Å². The number of nitriles is 1. The molecule has 1 saturated heterocycles. The minimum absolute atomic E-state index is 0.0934. The Labute approximate surface area is 125 Å². The molecule has 0 radical (unpaired) electrons. The third-order valence-electron chi connectivity index (χ3n) is 4.37. The number of fused-ring (bicyclic) bond motifs is 1. The van der Waals surface area contributed by atoms with E-state index < -0.39 is 0 Å². The van der Waals surface area contributed by atoms with Gasteiger partial charge in [0.1, 0.15) is 11.9 Å². The maximum Gasteiger partial charge on any atom is 0.241 e. The SMILES string of the molecule is CN1CCCN(c2nc3c(cc2C#N)CCCC3)CC1=O. The van der Waals surface area contributed by atoms with Gasteiger partial charge in [0.25, 0.3) is 0 Å². The number of hydrogen-bond donors (Lipinski definition) is 0. The van der Waals surface area contributed by atoms with Crippen molar-refractivity contribution in [2.24, 2.45) is 0 Å². The molecule has 0 saturated carbocycles. The summed E-state index contributed by atoms with van der Waals surface area (Å²) in [4.78, 5) is 20.5. The van der Waals surface area contributed by atoms with Crippen molar-refractivity contribution in [3.8, 4) is 6.07 Å². The van der Waals surface area contributed by atoms with Gasteiger partial charge < -0.3 is 9.80 Å². The molecule has 5 heteroatoms. The second kappa shape index (κ2) is 5.72. The molecule has 0 bridgehead atoms. The molecule has 2 aliphatic rings. The second-order valence-corrected chi connectivity index (χ2v) is 5.87.